The van der Waals surface area contributed by atoms with E-state index in [2.05, 4.69) is 22.2 Å². The standard InChI is InChI=1S/C12H15N3OS/c1-3-13-7-9-8-14-12(17-9)10-5-4-6-11(15-10)16-2/h4-6,8,13H,3,7H2,1-2H3. The molecule has 0 aliphatic carbocycles. The van der Waals surface area contributed by atoms with Crippen molar-refractivity contribution >= 4 is 11.3 Å². The van der Waals surface area contributed by atoms with Crippen LogP contribution in [0.15, 0.2) is 24.4 Å². The second-order valence-electron chi connectivity index (χ2n) is 3.48. The summed E-state index contributed by atoms with van der Waals surface area (Å²) >= 11 is 1.65. The van der Waals surface area contributed by atoms with Crippen LogP contribution in [0.1, 0.15) is 11.8 Å². The Morgan fingerprint density at radius 1 is 1.41 bits per heavy atom. The van der Waals surface area contributed by atoms with Crippen LogP contribution in [0.2, 0.25) is 0 Å². The molecule has 0 saturated carbocycles. The molecule has 0 radical (unpaired) electrons. The largest absolute Gasteiger partial charge is 0.481 e. The SMILES string of the molecule is CCNCc1cnc(-c2cccc(OC)n2)s1. The topological polar surface area (TPSA) is 47.0 Å². The maximum Gasteiger partial charge on any atom is 0.213 e. The van der Waals surface area contributed by atoms with Gasteiger partial charge >= 0.3 is 0 Å². The zero-order chi connectivity index (χ0) is 12.1. The lowest BCUT2D eigenvalue weighted by molar-refractivity contribution is 0.398. The fraction of sp³-hybridized carbons (Fsp3) is 0.333. The van der Waals surface area contributed by atoms with Gasteiger partial charge in [-0.1, -0.05) is 13.0 Å². The van der Waals surface area contributed by atoms with Crippen molar-refractivity contribution in [2.45, 2.75) is 13.5 Å². The molecule has 0 aliphatic heterocycles. The molecule has 0 spiro atoms. The van der Waals surface area contributed by atoms with E-state index >= 15 is 0 Å². The molecule has 4 nitrogen and oxygen atoms in total. The second kappa shape index (κ2) is 5.75. The van der Waals surface area contributed by atoms with E-state index in [9.17, 15) is 0 Å². The van der Waals surface area contributed by atoms with Gasteiger partial charge in [-0.3, -0.25) is 0 Å². The number of thiazole rings is 1. The van der Waals surface area contributed by atoms with Crippen LogP contribution in [-0.2, 0) is 6.54 Å². The summed E-state index contributed by atoms with van der Waals surface area (Å²) < 4.78 is 5.10. The lowest BCUT2D eigenvalue weighted by Crippen LogP contribution is -2.10. The summed E-state index contributed by atoms with van der Waals surface area (Å²) in [7, 11) is 1.62. The zero-order valence-corrected chi connectivity index (χ0v) is 10.8. The van der Waals surface area contributed by atoms with Crippen molar-refractivity contribution in [3.8, 4) is 16.6 Å². The molecule has 0 aliphatic rings. The molecule has 2 aromatic rings. The van der Waals surface area contributed by atoms with Crippen LogP contribution in [0.25, 0.3) is 10.7 Å². The van der Waals surface area contributed by atoms with Gasteiger partial charge in [-0.05, 0) is 12.6 Å². The molecule has 0 aromatic carbocycles. The van der Waals surface area contributed by atoms with Gasteiger partial charge in [0.15, 0.2) is 0 Å². The summed E-state index contributed by atoms with van der Waals surface area (Å²) in [5.74, 6) is 0.617. The van der Waals surface area contributed by atoms with Crippen molar-refractivity contribution in [3.05, 3.63) is 29.3 Å². The third-order valence-electron chi connectivity index (χ3n) is 2.25. The van der Waals surface area contributed by atoms with Gasteiger partial charge in [0.1, 0.15) is 10.7 Å². The third-order valence-corrected chi connectivity index (χ3v) is 3.27. The molecule has 2 rings (SSSR count). The summed E-state index contributed by atoms with van der Waals surface area (Å²) in [5.41, 5.74) is 0.858. The molecular weight excluding hydrogens is 234 g/mol. The predicted molar refractivity (Wildman–Crippen MR) is 69.3 cm³/mol. The number of aromatic nitrogens is 2. The highest BCUT2D eigenvalue weighted by atomic mass is 32.1. The van der Waals surface area contributed by atoms with Gasteiger partial charge in [-0.2, -0.15) is 0 Å². The van der Waals surface area contributed by atoms with Crippen LogP contribution >= 0.6 is 11.3 Å². The molecule has 0 saturated heterocycles. The molecular formula is C12H15N3OS. The monoisotopic (exact) mass is 249 g/mol. The Kier molecular flexibility index (Phi) is 4.06. The highest BCUT2D eigenvalue weighted by molar-refractivity contribution is 7.14. The minimum atomic E-state index is 0.617. The molecule has 2 aromatic heterocycles. The fourth-order valence-electron chi connectivity index (χ4n) is 1.40. The van der Waals surface area contributed by atoms with E-state index in [0.29, 0.717) is 5.88 Å². The van der Waals surface area contributed by atoms with E-state index in [1.165, 1.54) is 4.88 Å². The number of hydrogen-bond donors (Lipinski definition) is 1. The zero-order valence-electron chi connectivity index (χ0n) is 9.93. The Labute approximate surface area is 105 Å². The van der Waals surface area contributed by atoms with Gasteiger partial charge < -0.3 is 10.1 Å². The molecule has 2 heterocycles. The first-order chi connectivity index (χ1) is 8.33. The van der Waals surface area contributed by atoms with E-state index < -0.39 is 0 Å². The highest BCUT2D eigenvalue weighted by Crippen LogP contribution is 2.24. The fourth-order valence-corrected chi connectivity index (χ4v) is 2.26. The predicted octanol–water partition coefficient (Wildman–Crippen LogP) is 2.32. The molecule has 5 heteroatoms. The van der Waals surface area contributed by atoms with E-state index in [1.807, 2.05) is 24.4 Å². The summed E-state index contributed by atoms with van der Waals surface area (Å²) in [6.07, 6.45) is 1.89. The molecule has 17 heavy (non-hydrogen) atoms. The van der Waals surface area contributed by atoms with E-state index in [0.717, 1.165) is 23.8 Å². The minimum Gasteiger partial charge on any atom is -0.481 e. The second-order valence-corrected chi connectivity index (χ2v) is 4.59. The van der Waals surface area contributed by atoms with Crippen LogP contribution in [0, 0.1) is 0 Å². The van der Waals surface area contributed by atoms with Crippen LogP contribution in [-0.4, -0.2) is 23.6 Å². The van der Waals surface area contributed by atoms with Crippen LogP contribution in [0.4, 0.5) is 0 Å². The van der Waals surface area contributed by atoms with Gasteiger partial charge in [0.25, 0.3) is 0 Å². The highest BCUT2D eigenvalue weighted by Gasteiger charge is 2.06. The lowest BCUT2D eigenvalue weighted by Gasteiger charge is -2.00. The maximum atomic E-state index is 5.10. The Morgan fingerprint density at radius 2 is 2.29 bits per heavy atom. The van der Waals surface area contributed by atoms with Crippen molar-refractivity contribution in [2.75, 3.05) is 13.7 Å². The first-order valence-electron chi connectivity index (χ1n) is 5.50. The Morgan fingerprint density at radius 3 is 3.06 bits per heavy atom. The van der Waals surface area contributed by atoms with E-state index in [1.54, 1.807) is 18.4 Å². The Balaban J connectivity index is 2.18. The molecule has 0 atom stereocenters. The lowest BCUT2D eigenvalue weighted by atomic mass is 10.3. The number of nitrogens with one attached hydrogen (secondary N) is 1. The van der Waals surface area contributed by atoms with Gasteiger partial charge in [-0.15, -0.1) is 11.3 Å². The number of pyridine rings is 1. The minimum absolute atomic E-state index is 0.617. The van der Waals surface area contributed by atoms with Gasteiger partial charge in [0, 0.05) is 23.7 Å². The Hall–Kier alpha value is -1.46. The molecule has 90 valence electrons. The number of rotatable bonds is 5. The average Bonchev–Trinajstić information content (AvgIpc) is 2.85. The molecule has 0 fully saturated rings. The Bertz CT molecular complexity index is 484. The maximum absolute atomic E-state index is 5.10. The summed E-state index contributed by atoms with van der Waals surface area (Å²) in [5, 5.41) is 4.20. The summed E-state index contributed by atoms with van der Waals surface area (Å²) in [6, 6.07) is 5.70. The van der Waals surface area contributed by atoms with Crippen molar-refractivity contribution in [3.63, 3.8) is 0 Å². The van der Waals surface area contributed by atoms with Crippen LogP contribution < -0.4 is 10.1 Å². The third kappa shape index (κ3) is 3.01. The van der Waals surface area contributed by atoms with Gasteiger partial charge in [0.05, 0.1) is 7.11 Å². The van der Waals surface area contributed by atoms with Crippen LogP contribution in [0.5, 0.6) is 5.88 Å². The van der Waals surface area contributed by atoms with E-state index in [4.69, 9.17) is 4.74 Å². The summed E-state index contributed by atoms with van der Waals surface area (Å²) in [6.45, 7) is 3.91. The summed E-state index contributed by atoms with van der Waals surface area (Å²) in [4.78, 5) is 9.95. The smallest absolute Gasteiger partial charge is 0.213 e. The van der Waals surface area contributed by atoms with Gasteiger partial charge in [-0.25, -0.2) is 9.97 Å². The van der Waals surface area contributed by atoms with Crippen molar-refractivity contribution < 1.29 is 4.74 Å². The quantitative estimate of drug-likeness (QED) is 0.883. The number of nitrogens with zero attached hydrogens (tertiary/aromatic N) is 2. The van der Waals surface area contributed by atoms with Crippen molar-refractivity contribution in [1.29, 1.82) is 0 Å². The first-order valence-corrected chi connectivity index (χ1v) is 6.32. The first kappa shape index (κ1) is 12.0. The molecule has 0 bridgehead atoms. The normalized spacial score (nSPS) is 10.5. The molecule has 1 N–H and O–H groups in total. The van der Waals surface area contributed by atoms with Crippen molar-refractivity contribution in [1.82, 2.24) is 15.3 Å². The number of methoxy groups -OCH3 is 1. The average molecular weight is 249 g/mol. The number of hydrogen-bond acceptors (Lipinski definition) is 5. The van der Waals surface area contributed by atoms with E-state index in [-0.39, 0.29) is 0 Å². The van der Waals surface area contributed by atoms with Gasteiger partial charge in [0.2, 0.25) is 5.88 Å². The van der Waals surface area contributed by atoms with Crippen molar-refractivity contribution in [2.24, 2.45) is 0 Å². The molecule has 0 amide bonds. The molecule has 0 unspecified atom stereocenters. The van der Waals surface area contributed by atoms with Crippen LogP contribution in [0.3, 0.4) is 0 Å². The number of ether oxygens (including phenoxy) is 1.